The van der Waals surface area contributed by atoms with E-state index < -0.39 is 11.2 Å². The van der Waals surface area contributed by atoms with Crippen molar-refractivity contribution in [3.8, 4) is 0 Å². The molecular formula is C7H9N3O3S. The predicted octanol–water partition coefficient (Wildman–Crippen LogP) is -1.84. The van der Waals surface area contributed by atoms with Crippen LogP contribution in [0.15, 0.2) is 15.8 Å². The first kappa shape index (κ1) is 10.6. The molecule has 1 heterocycles. The van der Waals surface area contributed by atoms with Gasteiger partial charge in [0.15, 0.2) is 0 Å². The number of hydrogen-bond acceptors (Lipinski definition) is 4. The first-order chi connectivity index (χ1) is 6.56. The number of hydrogen-bond donors (Lipinski definition) is 3. The van der Waals surface area contributed by atoms with Gasteiger partial charge in [0.2, 0.25) is 0 Å². The molecule has 0 aliphatic heterocycles. The number of aromatic amines is 1. The third-order valence-corrected chi connectivity index (χ3v) is 1.84. The van der Waals surface area contributed by atoms with Gasteiger partial charge in [-0.15, -0.1) is 0 Å². The molecule has 6 nitrogen and oxygen atoms in total. The van der Waals surface area contributed by atoms with Crippen molar-refractivity contribution in [1.82, 2.24) is 9.55 Å². The van der Waals surface area contributed by atoms with Gasteiger partial charge in [-0.2, -0.15) is 0 Å². The number of aromatic nitrogens is 2. The molecule has 76 valence electrons. The lowest BCUT2D eigenvalue weighted by Crippen LogP contribution is -2.35. The molecular weight excluding hydrogens is 206 g/mol. The summed E-state index contributed by atoms with van der Waals surface area (Å²) in [6, 6.07) is 0. The number of H-pyrrole nitrogens is 1. The lowest BCUT2D eigenvalue weighted by molar-refractivity contribution is 0.273. The van der Waals surface area contributed by atoms with Crippen molar-refractivity contribution < 1.29 is 5.11 Å². The van der Waals surface area contributed by atoms with Crippen molar-refractivity contribution in [3.63, 3.8) is 0 Å². The van der Waals surface area contributed by atoms with E-state index in [1.807, 2.05) is 4.98 Å². The molecule has 4 N–H and O–H groups in total. The number of rotatable bonds is 3. The standard InChI is InChI=1S/C7H9N3O3S/c8-5(14)4-3-10(1-2-11)7(13)9-6(4)12/h3,11H,1-2H2,(H2,8,14)(H,9,12,13). The monoisotopic (exact) mass is 215 g/mol. The molecule has 0 amide bonds. The van der Waals surface area contributed by atoms with E-state index in [2.05, 4.69) is 12.2 Å². The number of aliphatic hydroxyl groups excluding tert-OH is 1. The minimum Gasteiger partial charge on any atom is -0.395 e. The lowest BCUT2D eigenvalue weighted by Gasteiger charge is -2.03. The van der Waals surface area contributed by atoms with E-state index in [0.717, 1.165) is 4.57 Å². The highest BCUT2D eigenvalue weighted by Gasteiger charge is 2.05. The first-order valence-electron chi connectivity index (χ1n) is 3.80. The van der Waals surface area contributed by atoms with Gasteiger partial charge in [-0.3, -0.25) is 14.3 Å². The molecule has 0 saturated carbocycles. The minimum atomic E-state index is -0.614. The summed E-state index contributed by atoms with van der Waals surface area (Å²) >= 11 is 4.62. The van der Waals surface area contributed by atoms with Crippen molar-refractivity contribution in [2.75, 3.05) is 6.61 Å². The largest absolute Gasteiger partial charge is 0.395 e. The van der Waals surface area contributed by atoms with Crippen molar-refractivity contribution in [2.45, 2.75) is 6.54 Å². The van der Waals surface area contributed by atoms with Crippen LogP contribution in [-0.2, 0) is 6.54 Å². The van der Waals surface area contributed by atoms with E-state index in [1.165, 1.54) is 6.20 Å². The number of nitrogens with two attached hydrogens (primary N) is 1. The highest BCUT2D eigenvalue weighted by Crippen LogP contribution is 1.87. The van der Waals surface area contributed by atoms with Crippen LogP contribution < -0.4 is 17.0 Å². The van der Waals surface area contributed by atoms with Gasteiger partial charge in [-0.05, 0) is 0 Å². The van der Waals surface area contributed by atoms with Gasteiger partial charge in [0, 0.05) is 6.20 Å². The predicted molar refractivity (Wildman–Crippen MR) is 54.3 cm³/mol. The van der Waals surface area contributed by atoms with Crippen molar-refractivity contribution in [1.29, 1.82) is 0 Å². The summed E-state index contributed by atoms with van der Waals surface area (Å²) in [6.45, 7) is -0.117. The third-order valence-electron chi connectivity index (χ3n) is 1.62. The Hall–Kier alpha value is -1.47. The van der Waals surface area contributed by atoms with Crippen LogP contribution in [0.2, 0.25) is 0 Å². The zero-order chi connectivity index (χ0) is 10.7. The van der Waals surface area contributed by atoms with Crippen molar-refractivity contribution in [2.24, 2.45) is 5.73 Å². The second kappa shape index (κ2) is 4.16. The number of thiocarbonyl (C=S) groups is 1. The Balaban J connectivity index is 3.35. The fourth-order valence-corrected chi connectivity index (χ4v) is 1.10. The molecule has 0 unspecified atom stereocenters. The van der Waals surface area contributed by atoms with E-state index >= 15 is 0 Å². The molecule has 0 saturated heterocycles. The van der Waals surface area contributed by atoms with E-state index in [1.54, 1.807) is 0 Å². The summed E-state index contributed by atoms with van der Waals surface area (Å²) in [5.74, 6) is 0. The average Bonchev–Trinajstić information content (AvgIpc) is 2.09. The first-order valence-corrected chi connectivity index (χ1v) is 4.21. The molecule has 0 fully saturated rings. The highest BCUT2D eigenvalue weighted by atomic mass is 32.1. The Bertz CT molecular complexity index is 462. The summed E-state index contributed by atoms with van der Waals surface area (Å²) in [4.78, 5) is 24.2. The Labute approximate surface area is 84.0 Å². The molecule has 0 spiro atoms. The van der Waals surface area contributed by atoms with Gasteiger partial charge in [0.1, 0.15) is 4.99 Å². The molecule has 1 aromatic heterocycles. The van der Waals surface area contributed by atoms with Crippen molar-refractivity contribution >= 4 is 17.2 Å². The Morgan fingerprint density at radius 1 is 1.64 bits per heavy atom. The topological polar surface area (TPSA) is 101 Å². The number of nitrogens with zero attached hydrogens (tertiary/aromatic N) is 1. The maximum Gasteiger partial charge on any atom is 0.328 e. The Morgan fingerprint density at radius 2 is 2.29 bits per heavy atom. The van der Waals surface area contributed by atoms with Gasteiger partial charge in [-0.1, -0.05) is 12.2 Å². The second-order valence-corrected chi connectivity index (χ2v) is 3.02. The van der Waals surface area contributed by atoms with E-state index in [-0.39, 0.29) is 23.7 Å². The molecule has 0 atom stereocenters. The third kappa shape index (κ3) is 2.06. The lowest BCUT2D eigenvalue weighted by atomic mass is 10.3. The maximum atomic E-state index is 11.1. The molecule has 14 heavy (non-hydrogen) atoms. The Kier molecular flexibility index (Phi) is 3.15. The fraction of sp³-hybridized carbons (Fsp3) is 0.286. The maximum absolute atomic E-state index is 11.1. The SMILES string of the molecule is NC(=S)c1cn(CCO)c(=O)[nH]c1=O. The summed E-state index contributed by atoms with van der Waals surface area (Å²) in [6.07, 6.45) is 1.24. The summed E-state index contributed by atoms with van der Waals surface area (Å²) in [5.41, 5.74) is 4.12. The quantitative estimate of drug-likeness (QED) is 0.514. The van der Waals surface area contributed by atoms with Crippen LogP contribution in [0.1, 0.15) is 5.56 Å². The Morgan fingerprint density at radius 3 is 2.79 bits per heavy atom. The van der Waals surface area contributed by atoms with Crippen LogP contribution in [0.3, 0.4) is 0 Å². The molecule has 0 aliphatic rings. The van der Waals surface area contributed by atoms with Crippen LogP contribution in [0.4, 0.5) is 0 Å². The molecule has 0 aromatic carbocycles. The summed E-state index contributed by atoms with van der Waals surface area (Å²) in [7, 11) is 0. The normalized spacial score (nSPS) is 10.1. The molecule has 0 bridgehead atoms. The number of nitrogens with one attached hydrogen (secondary N) is 1. The molecule has 1 rings (SSSR count). The van der Waals surface area contributed by atoms with Crippen molar-refractivity contribution in [3.05, 3.63) is 32.6 Å². The van der Waals surface area contributed by atoms with Crippen LogP contribution >= 0.6 is 12.2 Å². The van der Waals surface area contributed by atoms with Crippen LogP contribution in [0.5, 0.6) is 0 Å². The molecule has 0 aliphatic carbocycles. The van der Waals surface area contributed by atoms with Crippen LogP contribution in [-0.4, -0.2) is 26.3 Å². The van der Waals surface area contributed by atoms with Gasteiger partial charge in [0.25, 0.3) is 5.56 Å². The summed E-state index contributed by atoms with van der Waals surface area (Å²) in [5, 5.41) is 8.63. The zero-order valence-corrected chi connectivity index (χ0v) is 8.00. The zero-order valence-electron chi connectivity index (χ0n) is 7.19. The molecule has 1 aromatic rings. The second-order valence-electron chi connectivity index (χ2n) is 2.58. The fourth-order valence-electron chi connectivity index (χ4n) is 0.959. The molecule has 7 heteroatoms. The van der Waals surface area contributed by atoms with Crippen LogP contribution in [0, 0.1) is 0 Å². The van der Waals surface area contributed by atoms with Crippen LogP contribution in [0.25, 0.3) is 0 Å². The van der Waals surface area contributed by atoms with Gasteiger partial charge in [0.05, 0.1) is 18.7 Å². The summed E-state index contributed by atoms with van der Waals surface area (Å²) < 4.78 is 1.13. The van der Waals surface area contributed by atoms with Gasteiger partial charge < -0.3 is 10.8 Å². The van der Waals surface area contributed by atoms with E-state index in [4.69, 9.17) is 10.8 Å². The highest BCUT2D eigenvalue weighted by molar-refractivity contribution is 7.80. The van der Waals surface area contributed by atoms with E-state index in [0.29, 0.717) is 0 Å². The van der Waals surface area contributed by atoms with E-state index in [9.17, 15) is 9.59 Å². The smallest absolute Gasteiger partial charge is 0.328 e. The average molecular weight is 215 g/mol. The van der Waals surface area contributed by atoms with Gasteiger partial charge in [-0.25, -0.2) is 4.79 Å². The minimum absolute atomic E-state index is 0.0630. The number of aliphatic hydroxyl groups is 1. The molecule has 0 radical (unpaired) electrons. The van der Waals surface area contributed by atoms with Gasteiger partial charge >= 0.3 is 5.69 Å².